The van der Waals surface area contributed by atoms with E-state index in [1.54, 1.807) is 0 Å². The lowest BCUT2D eigenvalue weighted by molar-refractivity contribution is -0.870. The molecule has 0 N–H and O–H groups in total. The molecule has 0 aromatic heterocycles. The fourth-order valence-electron chi connectivity index (χ4n) is 3.85. The van der Waals surface area contributed by atoms with Crippen molar-refractivity contribution < 1.29 is 9.22 Å². The summed E-state index contributed by atoms with van der Waals surface area (Å²) in [7, 11) is 6.85. The van der Waals surface area contributed by atoms with Crippen molar-refractivity contribution in [3.63, 3.8) is 0 Å². The first-order valence-corrected chi connectivity index (χ1v) is 12.2. The van der Waals surface area contributed by atoms with Gasteiger partial charge >= 0.3 is 0 Å². The van der Waals surface area contributed by atoms with Gasteiger partial charge in [0.05, 0.1) is 34.3 Å². The minimum Gasteiger partial charge on any atom is -0.494 e. The Morgan fingerprint density at radius 2 is 1.13 bits per heavy atom. The molecule has 2 nitrogen and oxygen atoms in total. The molecule has 31 heavy (non-hydrogen) atoms. The monoisotopic (exact) mass is 422 g/mol. The molecule has 0 saturated carbocycles. The summed E-state index contributed by atoms with van der Waals surface area (Å²) in [6.45, 7) is 6.34. The van der Waals surface area contributed by atoms with Crippen LogP contribution < -0.4 is 4.74 Å². The maximum Gasteiger partial charge on any atom is 0.119 e. The van der Waals surface area contributed by atoms with Gasteiger partial charge in [0.2, 0.25) is 0 Å². The van der Waals surface area contributed by atoms with Crippen molar-refractivity contribution in [3.8, 4) is 5.75 Å². The van der Waals surface area contributed by atoms with Gasteiger partial charge in [0, 0.05) is 0 Å². The van der Waals surface area contributed by atoms with E-state index >= 15 is 0 Å². The van der Waals surface area contributed by atoms with Crippen LogP contribution in [0.4, 0.5) is 0 Å². The van der Waals surface area contributed by atoms with Gasteiger partial charge in [0.1, 0.15) is 5.75 Å². The van der Waals surface area contributed by atoms with Gasteiger partial charge in [-0.2, -0.15) is 0 Å². The highest BCUT2D eigenvalue weighted by Crippen LogP contribution is 2.23. The molecular formula is C29H44NO+. The van der Waals surface area contributed by atoms with Crippen LogP contribution in [0, 0.1) is 0 Å². The molecule has 0 saturated heterocycles. The predicted octanol–water partition coefficient (Wildman–Crippen LogP) is 7.73. The summed E-state index contributed by atoms with van der Waals surface area (Å²) in [5.74, 6) is 0.954. The second-order valence-electron chi connectivity index (χ2n) is 9.77. The average molecular weight is 423 g/mol. The number of nitrogens with zero attached hydrogens (tertiary/aromatic N) is 1. The summed E-state index contributed by atoms with van der Waals surface area (Å²) < 4.78 is 7.02. The minimum absolute atomic E-state index is 0.811. The third-order valence-electron chi connectivity index (χ3n) is 5.82. The van der Waals surface area contributed by atoms with Crippen molar-refractivity contribution in [1.29, 1.82) is 0 Å². The first kappa shape index (κ1) is 25.2. The van der Waals surface area contributed by atoms with E-state index in [1.807, 2.05) is 18.2 Å². The zero-order valence-corrected chi connectivity index (χ0v) is 20.2. The Morgan fingerprint density at radius 1 is 0.645 bits per heavy atom. The first-order valence-electron chi connectivity index (χ1n) is 12.2. The van der Waals surface area contributed by atoms with Crippen LogP contribution in [-0.4, -0.2) is 38.8 Å². The molecule has 0 heterocycles. The van der Waals surface area contributed by atoms with Gasteiger partial charge in [0.15, 0.2) is 0 Å². The second-order valence-corrected chi connectivity index (χ2v) is 9.77. The third-order valence-corrected chi connectivity index (χ3v) is 5.82. The predicted molar refractivity (Wildman–Crippen MR) is 136 cm³/mol. The summed E-state index contributed by atoms with van der Waals surface area (Å²) in [5.41, 5.74) is 3.36. The van der Waals surface area contributed by atoms with Crippen LogP contribution >= 0.6 is 0 Å². The van der Waals surface area contributed by atoms with Gasteiger partial charge in [-0.1, -0.05) is 94.0 Å². The third kappa shape index (κ3) is 11.2. The van der Waals surface area contributed by atoms with Gasteiger partial charge in [-0.25, -0.2) is 0 Å². The van der Waals surface area contributed by atoms with Crippen LogP contribution in [0.3, 0.4) is 0 Å². The van der Waals surface area contributed by atoms with Crippen molar-refractivity contribution in [1.82, 2.24) is 0 Å². The fourth-order valence-corrected chi connectivity index (χ4v) is 3.85. The first-order chi connectivity index (χ1) is 15.0. The number of rotatable bonds is 16. The number of hydrogen-bond donors (Lipinski definition) is 0. The zero-order chi connectivity index (χ0) is 22.4. The van der Waals surface area contributed by atoms with Crippen molar-refractivity contribution in [2.24, 2.45) is 0 Å². The molecule has 2 rings (SSSR count). The smallest absolute Gasteiger partial charge is 0.119 e. The number of benzene rings is 2. The number of unbranched alkanes of at least 4 members (excludes halogenated alkanes) is 9. The van der Waals surface area contributed by atoms with Crippen molar-refractivity contribution in [2.75, 3.05) is 34.3 Å². The van der Waals surface area contributed by atoms with E-state index in [1.165, 1.54) is 64.3 Å². The number of hydrogen-bond acceptors (Lipinski definition) is 1. The molecule has 0 spiro atoms. The van der Waals surface area contributed by atoms with Gasteiger partial charge in [0.25, 0.3) is 0 Å². The molecule has 0 radical (unpaired) electrons. The Labute approximate surface area is 191 Å². The average Bonchev–Trinajstić information content (AvgIpc) is 2.76. The fraction of sp³-hybridized carbons (Fsp3) is 0.517. The molecule has 0 aliphatic heterocycles. The Bertz CT molecular complexity index is 728. The molecule has 2 aromatic carbocycles. The van der Waals surface area contributed by atoms with E-state index in [0.717, 1.165) is 40.0 Å². The summed E-state index contributed by atoms with van der Waals surface area (Å²) >= 11 is 0. The highest BCUT2D eigenvalue weighted by molar-refractivity contribution is 5.78. The lowest BCUT2D eigenvalue weighted by Gasteiger charge is -2.23. The van der Waals surface area contributed by atoms with Crippen molar-refractivity contribution >= 4 is 5.57 Å². The molecule has 0 aliphatic carbocycles. The highest BCUT2D eigenvalue weighted by atomic mass is 16.5. The van der Waals surface area contributed by atoms with Crippen LogP contribution in [0.5, 0.6) is 5.75 Å². The molecule has 2 aromatic rings. The standard InChI is InChI=1S/C29H44NO/c1-26(27-18-14-13-15-19-27)28-20-22-29(23-21-28)31-25-17-12-10-8-6-5-7-9-11-16-24-30(2,3)4/h13-15,18-23H,1,5-12,16-17,24-25H2,2-4H3/q+1. The van der Waals surface area contributed by atoms with E-state index in [2.05, 4.69) is 64.1 Å². The summed E-state index contributed by atoms with van der Waals surface area (Å²) in [6.07, 6.45) is 13.5. The van der Waals surface area contributed by atoms with E-state index in [4.69, 9.17) is 4.74 Å². The number of quaternary nitrogens is 1. The molecule has 170 valence electrons. The van der Waals surface area contributed by atoms with E-state index in [9.17, 15) is 0 Å². The van der Waals surface area contributed by atoms with Crippen LogP contribution in [0.1, 0.15) is 75.3 Å². The molecule has 0 unspecified atom stereocenters. The van der Waals surface area contributed by atoms with Crippen molar-refractivity contribution in [2.45, 2.75) is 64.2 Å². The van der Waals surface area contributed by atoms with Gasteiger partial charge in [-0.3, -0.25) is 0 Å². The molecule has 0 amide bonds. The SMILES string of the molecule is C=C(c1ccccc1)c1ccc(OCCCCCCCCCCCC[N+](C)(C)C)cc1. The van der Waals surface area contributed by atoms with Crippen LogP contribution in [-0.2, 0) is 0 Å². The Morgan fingerprint density at radius 3 is 1.68 bits per heavy atom. The largest absolute Gasteiger partial charge is 0.494 e. The molecular weight excluding hydrogens is 378 g/mol. The zero-order valence-electron chi connectivity index (χ0n) is 20.2. The molecule has 0 aliphatic rings. The topological polar surface area (TPSA) is 9.23 Å². The van der Waals surface area contributed by atoms with Crippen LogP contribution in [0.15, 0.2) is 61.2 Å². The Balaban J connectivity index is 1.46. The molecule has 0 atom stereocenters. The number of ether oxygens (including phenoxy) is 1. The summed E-state index contributed by atoms with van der Waals surface area (Å²) in [6, 6.07) is 18.6. The molecule has 0 bridgehead atoms. The minimum atomic E-state index is 0.811. The quantitative estimate of drug-likeness (QED) is 0.199. The maximum atomic E-state index is 5.92. The second kappa shape index (κ2) is 14.1. The van der Waals surface area contributed by atoms with Gasteiger partial charge < -0.3 is 9.22 Å². The van der Waals surface area contributed by atoms with E-state index < -0.39 is 0 Å². The normalized spacial score (nSPS) is 11.5. The Hall–Kier alpha value is -2.06. The summed E-state index contributed by atoms with van der Waals surface area (Å²) in [4.78, 5) is 0. The van der Waals surface area contributed by atoms with Gasteiger partial charge in [-0.05, 0) is 48.1 Å². The molecule has 0 fully saturated rings. The van der Waals surface area contributed by atoms with Crippen LogP contribution in [0.2, 0.25) is 0 Å². The van der Waals surface area contributed by atoms with E-state index in [0.29, 0.717) is 0 Å². The van der Waals surface area contributed by atoms with E-state index in [-0.39, 0.29) is 0 Å². The lowest BCUT2D eigenvalue weighted by atomic mass is 10.00. The van der Waals surface area contributed by atoms with Crippen LogP contribution in [0.25, 0.3) is 5.57 Å². The lowest BCUT2D eigenvalue weighted by Crippen LogP contribution is -2.35. The van der Waals surface area contributed by atoms with Crippen molar-refractivity contribution in [3.05, 3.63) is 72.3 Å². The molecule has 2 heteroatoms. The highest BCUT2D eigenvalue weighted by Gasteiger charge is 2.05. The Kier molecular flexibility index (Phi) is 11.5. The van der Waals surface area contributed by atoms with Gasteiger partial charge in [-0.15, -0.1) is 0 Å². The maximum absolute atomic E-state index is 5.92. The summed E-state index contributed by atoms with van der Waals surface area (Å²) in [5, 5.41) is 0.